The summed E-state index contributed by atoms with van der Waals surface area (Å²) in [5, 5.41) is 15.6. The van der Waals surface area contributed by atoms with Gasteiger partial charge in [-0.05, 0) is 73.8 Å². The van der Waals surface area contributed by atoms with Gasteiger partial charge in [0.1, 0.15) is 6.29 Å². The van der Waals surface area contributed by atoms with E-state index in [9.17, 15) is 24.4 Å². The number of nitrogens with two attached hydrogens (primary N) is 1. The van der Waals surface area contributed by atoms with Crippen LogP contribution in [0, 0.1) is 35.0 Å². The topological polar surface area (TPSA) is 151 Å². The third-order valence-electron chi connectivity index (χ3n) is 9.40. The van der Waals surface area contributed by atoms with Gasteiger partial charge in [-0.1, -0.05) is 88.6 Å². The van der Waals surface area contributed by atoms with Crippen molar-refractivity contribution >= 4 is 29.8 Å². The molecule has 1 heterocycles. The van der Waals surface area contributed by atoms with Gasteiger partial charge in [-0.25, -0.2) is 0 Å². The van der Waals surface area contributed by atoms with Crippen LogP contribution < -0.4 is 11.1 Å². The largest absolute Gasteiger partial charge is 0.469 e. The Kier molecular flexibility index (Phi) is 16.3. The highest BCUT2D eigenvalue weighted by Gasteiger charge is 2.41. The van der Waals surface area contributed by atoms with Crippen molar-refractivity contribution < 1.29 is 29.1 Å². The molecule has 2 saturated carbocycles. The normalized spacial score (nSPS) is 26.6. The van der Waals surface area contributed by atoms with Crippen molar-refractivity contribution in [2.45, 2.75) is 97.6 Å². The highest BCUT2D eigenvalue weighted by atomic mass is 16.5. The first-order chi connectivity index (χ1) is 22.2. The van der Waals surface area contributed by atoms with Crippen molar-refractivity contribution in [3.8, 4) is 0 Å². The summed E-state index contributed by atoms with van der Waals surface area (Å²) in [7, 11) is 3.32. The number of nitrogens with one attached hydrogen (secondary N) is 1. The molecular weight excluding hydrogens is 596 g/mol. The molecule has 47 heavy (non-hydrogen) atoms. The van der Waals surface area contributed by atoms with Gasteiger partial charge in [0, 0.05) is 13.0 Å². The second kappa shape index (κ2) is 19.3. The van der Waals surface area contributed by atoms with Crippen LogP contribution in [0.1, 0.15) is 85.5 Å². The molecule has 0 radical (unpaired) electrons. The molecule has 0 aromatic heterocycles. The molecule has 2 amide bonds. The van der Waals surface area contributed by atoms with E-state index >= 15 is 0 Å². The van der Waals surface area contributed by atoms with E-state index in [2.05, 4.69) is 40.9 Å². The summed E-state index contributed by atoms with van der Waals surface area (Å²) in [6.07, 6.45) is 21.7. The minimum atomic E-state index is -0.376. The lowest BCUT2D eigenvalue weighted by molar-refractivity contribution is -0.142. The van der Waals surface area contributed by atoms with Gasteiger partial charge in [-0.3, -0.25) is 19.3 Å². The van der Waals surface area contributed by atoms with Crippen LogP contribution in [0.3, 0.4) is 0 Å². The molecular formula is C37H58N4O6. The number of amides is 2. The minimum absolute atomic E-state index is 0.0314. The number of carbonyl (C=O) groups is 4. The van der Waals surface area contributed by atoms with E-state index in [0.717, 1.165) is 37.7 Å². The number of hydrogen-bond donors (Lipinski definition) is 3. The van der Waals surface area contributed by atoms with Crippen molar-refractivity contribution in [1.29, 1.82) is 0 Å². The Balaban J connectivity index is 0.000000264. The van der Waals surface area contributed by atoms with Gasteiger partial charge in [-0.2, -0.15) is 0 Å². The summed E-state index contributed by atoms with van der Waals surface area (Å²) >= 11 is 0. The molecule has 1 saturated heterocycles. The molecule has 0 spiro atoms. The van der Waals surface area contributed by atoms with Gasteiger partial charge in [0.25, 0.3) is 0 Å². The molecule has 0 bridgehead atoms. The number of esters is 1. The number of nitrogens with zero attached hydrogens (tertiary/aromatic N) is 2. The first-order valence-corrected chi connectivity index (χ1v) is 17.0. The van der Waals surface area contributed by atoms with Crippen LogP contribution in [0.25, 0.3) is 0 Å². The molecule has 262 valence electrons. The number of primary amides is 1. The molecule has 0 aromatic carbocycles. The number of methoxy groups -OCH3 is 1. The Morgan fingerprint density at radius 3 is 2.34 bits per heavy atom. The van der Waals surface area contributed by atoms with Gasteiger partial charge >= 0.3 is 5.97 Å². The van der Waals surface area contributed by atoms with E-state index in [1.54, 1.807) is 0 Å². The summed E-state index contributed by atoms with van der Waals surface area (Å²) in [5.41, 5.74) is 6.78. The molecule has 4 rings (SSSR count). The number of rotatable bonds is 10. The van der Waals surface area contributed by atoms with Crippen LogP contribution in [0.5, 0.6) is 0 Å². The molecule has 10 heteroatoms. The van der Waals surface area contributed by atoms with E-state index < -0.39 is 0 Å². The Morgan fingerprint density at radius 2 is 1.83 bits per heavy atom. The lowest BCUT2D eigenvalue weighted by atomic mass is 9.85. The van der Waals surface area contributed by atoms with E-state index in [4.69, 9.17) is 5.73 Å². The lowest BCUT2D eigenvalue weighted by Gasteiger charge is -2.28. The second-order valence-electron chi connectivity index (χ2n) is 14.5. The Bertz CT molecular complexity index is 1190. The highest BCUT2D eigenvalue weighted by Crippen LogP contribution is 2.39. The van der Waals surface area contributed by atoms with Gasteiger partial charge in [-0.15, -0.1) is 6.58 Å². The van der Waals surface area contributed by atoms with Gasteiger partial charge in [0.2, 0.25) is 11.8 Å². The van der Waals surface area contributed by atoms with Crippen molar-refractivity contribution in [3.63, 3.8) is 0 Å². The lowest BCUT2D eigenvalue weighted by Crippen LogP contribution is -2.45. The van der Waals surface area contributed by atoms with Crippen LogP contribution in [0.2, 0.25) is 0 Å². The van der Waals surface area contributed by atoms with Gasteiger partial charge in [0.15, 0.2) is 0 Å². The van der Waals surface area contributed by atoms with Gasteiger partial charge in [0.05, 0.1) is 30.8 Å². The van der Waals surface area contributed by atoms with Gasteiger partial charge < -0.3 is 25.8 Å². The summed E-state index contributed by atoms with van der Waals surface area (Å²) in [6.45, 7) is 12.4. The molecule has 1 aliphatic heterocycles. The molecule has 10 nitrogen and oxygen atoms in total. The number of oxime groups is 1. The summed E-state index contributed by atoms with van der Waals surface area (Å²) in [4.78, 5) is 46.8. The zero-order chi connectivity index (χ0) is 35.1. The maximum atomic E-state index is 11.9. The van der Waals surface area contributed by atoms with Crippen molar-refractivity contribution in [2.75, 3.05) is 20.7 Å². The van der Waals surface area contributed by atoms with Crippen LogP contribution in [0.4, 0.5) is 0 Å². The molecule has 4 N–H and O–H groups in total. The predicted molar refractivity (Wildman–Crippen MR) is 186 cm³/mol. The van der Waals surface area contributed by atoms with Crippen molar-refractivity contribution in [2.24, 2.45) is 45.9 Å². The maximum Gasteiger partial charge on any atom is 0.309 e. The van der Waals surface area contributed by atoms with E-state index in [0.29, 0.717) is 42.7 Å². The fourth-order valence-electron chi connectivity index (χ4n) is 6.22. The monoisotopic (exact) mass is 654 g/mol. The zero-order valence-electron chi connectivity index (χ0n) is 29.3. The van der Waals surface area contributed by atoms with Crippen LogP contribution in [-0.2, 0) is 23.9 Å². The maximum absolute atomic E-state index is 11.9. The molecule has 6 unspecified atom stereocenters. The molecule has 4 aliphatic rings. The number of hydrogen-bond acceptors (Lipinski definition) is 8. The number of carbonyl (C=O) groups excluding carboxylic acids is 4. The summed E-state index contributed by atoms with van der Waals surface area (Å²) < 4.78 is 4.52. The molecule has 0 aromatic rings. The van der Waals surface area contributed by atoms with E-state index in [1.807, 2.05) is 57.0 Å². The number of likely N-dealkylation sites (tertiary alicyclic amines) is 1. The molecule has 3 fully saturated rings. The van der Waals surface area contributed by atoms with Crippen molar-refractivity contribution in [1.82, 2.24) is 10.2 Å². The number of likely N-dealkylation sites (N-methyl/N-ethyl adjacent to an activating group) is 1. The quantitative estimate of drug-likeness (QED) is 0.0716. The highest BCUT2D eigenvalue weighted by molar-refractivity contribution is 6.02. The Labute approximate surface area is 281 Å². The third-order valence-corrected chi connectivity index (χ3v) is 9.40. The number of allylic oxidation sites excluding steroid dienone is 7. The predicted octanol–water partition coefficient (Wildman–Crippen LogP) is 5.37. The van der Waals surface area contributed by atoms with Crippen LogP contribution in [0.15, 0.2) is 53.8 Å². The summed E-state index contributed by atoms with van der Waals surface area (Å²) in [5.74, 6) is 1.32. The van der Waals surface area contributed by atoms with Crippen LogP contribution >= 0.6 is 0 Å². The van der Waals surface area contributed by atoms with E-state index in [1.165, 1.54) is 26.4 Å². The number of ether oxygens (including phenoxy) is 1. The average molecular weight is 655 g/mol. The minimum Gasteiger partial charge on any atom is -0.469 e. The average Bonchev–Trinajstić information content (AvgIpc) is 3.78. The standard InChI is InChI=1S/C16H23N3O2.C14H25NO2.C7H10O2/c1-11-4-3-5-13(7-6-11)14(18-21)8-12-9-15(16(17)20)19(2)10-12;1-14(2,3)12(10-16)15-13(17)9-11-7-5-4-6-8-11;1-3-5-4-6(5)7(8)9-2/h3-7,11-12,15,21H,8-10H2,1-2H3,(H2,17,20);10-12H,4-9H2,1-3H3,(H,15,17);3,5-6H,1,4H2,2H3/b18-14+;;. The number of aldehydes is 1. The molecule has 6 atom stereocenters. The SMILES string of the molecule is C=CC1CC1C(=O)OC.CC(C)(C)C(C=O)NC(=O)CC1CCCCC1.CC1C=CC=C(/C(CC2CC(C(N)=O)N(C)C2)=N/O)C=C1. The van der Waals surface area contributed by atoms with Crippen LogP contribution in [-0.4, -0.2) is 72.7 Å². The first-order valence-electron chi connectivity index (χ1n) is 17.0. The van der Waals surface area contributed by atoms with Crippen molar-refractivity contribution in [3.05, 3.63) is 48.6 Å². The van der Waals surface area contributed by atoms with E-state index in [-0.39, 0.29) is 47.1 Å². The Morgan fingerprint density at radius 1 is 1.15 bits per heavy atom. The third kappa shape index (κ3) is 13.6. The second-order valence-corrected chi connectivity index (χ2v) is 14.5. The summed E-state index contributed by atoms with van der Waals surface area (Å²) in [6, 6.07) is -0.591. The fraction of sp³-hybridized carbons (Fsp3) is 0.649. The smallest absolute Gasteiger partial charge is 0.309 e. The first kappa shape index (κ1) is 39.6. The zero-order valence-corrected chi connectivity index (χ0v) is 29.3. The molecule has 3 aliphatic carbocycles. The fourth-order valence-corrected chi connectivity index (χ4v) is 6.22. The Hall–Kier alpha value is -3.53.